The first-order chi connectivity index (χ1) is 14.2. The topological polar surface area (TPSA) is 65.4 Å². The number of carbonyl (C=O) groups is 1. The number of carbonyl (C=O) groups excluding carboxylic acids is 1. The molecule has 1 N–H and O–H groups in total. The number of nitrogens with zero attached hydrogens (tertiary/aromatic N) is 2. The van der Waals surface area contributed by atoms with Crippen molar-refractivity contribution < 1.29 is 14.3 Å². The lowest BCUT2D eigenvalue weighted by molar-refractivity contribution is 0.0517. The highest BCUT2D eigenvalue weighted by atomic mass is 32.1. The number of amides is 1. The molecule has 1 fully saturated rings. The number of hydrogen-bond acceptors (Lipinski definition) is 5. The van der Waals surface area contributed by atoms with E-state index in [1.54, 1.807) is 30.2 Å². The van der Waals surface area contributed by atoms with Crippen molar-refractivity contribution in [3.63, 3.8) is 0 Å². The third-order valence-electron chi connectivity index (χ3n) is 5.35. The fraction of sp³-hybridized carbons (Fsp3) is 0.364. The van der Waals surface area contributed by atoms with Crippen LogP contribution in [0.2, 0.25) is 0 Å². The summed E-state index contributed by atoms with van der Waals surface area (Å²) < 4.78 is 12.5. The summed E-state index contributed by atoms with van der Waals surface area (Å²) >= 11 is 1.68. The number of benzene rings is 1. The molecule has 152 valence electrons. The van der Waals surface area contributed by atoms with Crippen LogP contribution in [0.15, 0.2) is 47.8 Å². The Morgan fingerprint density at radius 3 is 2.83 bits per heavy atom. The van der Waals surface area contributed by atoms with Gasteiger partial charge in [-0.2, -0.15) is 5.10 Å². The first-order valence-corrected chi connectivity index (χ1v) is 10.6. The molecule has 0 radical (unpaired) electrons. The van der Waals surface area contributed by atoms with Crippen LogP contribution in [0.25, 0.3) is 11.3 Å². The number of hydrogen-bond donors (Lipinski definition) is 1. The fourth-order valence-corrected chi connectivity index (χ4v) is 4.63. The van der Waals surface area contributed by atoms with Crippen molar-refractivity contribution in [2.75, 3.05) is 20.3 Å². The highest BCUT2D eigenvalue weighted by Crippen LogP contribution is 2.33. The lowest BCUT2D eigenvalue weighted by Crippen LogP contribution is -2.36. The van der Waals surface area contributed by atoms with Crippen LogP contribution in [-0.2, 0) is 11.8 Å². The Morgan fingerprint density at radius 2 is 2.10 bits per heavy atom. The average Bonchev–Trinajstić information content (AvgIpc) is 3.42. The van der Waals surface area contributed by atoms with Crippen molar-refractivity contribution in [3.8, 4) is 17.0 Å². The molecule has 1 saturated heterocycles. The molecule has 1 aliphatic rings. The van der Waals surface area contributed by atoms with Crippen LogP contribution in [0.1, 0.15) is 34.2 Å². The van der Waals surface area contributed by atoms with Gasteiger partial charge < -0.3 is 14.8 Å². The molecule has 6 nitrogen and oxygen atoms in total. The van der Waals surface area contributed by atoms with Crippen LogP contribution < -0.4 is 10.1 Å². The van der Waals surface area contributed by atoms with Gasteiger partial charge in [-0.3, -0.25) is 9.48 Å². The molecule has 29 heavy (non-hydrogen) atoms. The Hall–Kier alpha value is -2.64. The molecule has 0 spiro atoms. The van der Waals surface area contributed by atoms with Gasteiger partial charge in [-0.1, -0.05) is 18.2 Å². The Kier molecular flexibility index (Phi) is 5.97. The predicted octanol–water partition coefficient (Wildman–Crippen LogP) is 4.05. The molecule has 3 aromatic rings. The van der Waals surface area contributed by atoms with Crippen molar-refractivity contribution in [2.24, 2.45) is 13.0 Å². The minimum absolute atomic E-state index is 0.0124. The van der Waals surface area contributed by atoms with E-state index in [2.05, 4.69) is 21.9 Å². The van der Waals surface area contributed by atoms with Crippen molar-refractivity contribution in [2.45, 2.75) is 18.9 Å². The lowest BCUT2D eigenvalue weighted by Gasteiger charge is -2.30. The summed E-state index contributed by atoms with van der Waals surface area (Å²) in [7, 11) is 3.44. The lowest BCUT2D eigenvalue weighted by atomic mass is 9.90. The second-order valence-corrected chi connectivity index (χ2v) is 8.17. The molecule has 1 aliphatic heterocycles. The van der Waals surface area contributed by atoms with Crippen LogP contribution in [0, 0.1) is 5.92 Å². The van der Waals surface area contributed by atoms with Crippen LogP contribution >= 0.6 is 11.3 Å². The van der Waals surface area contributed by atoms with Gasteiger partial charge in [0.25, 0.3) is 5.91 Å². The predicted molar refractivity (Wildman–Crippen MR) is 113 cm³/mol. The van der Waals surface area contributed by atoms with E-state index in [0.29, 0.717) is 11.6 Å². The number of aromatic nitrogens is 2. The summed E-state index contributed by atoms with van der Waals surface area (Å²) in [5.41, 5.74) is 2.20. The van der Waals surface area contributed by atoms with Crippen LogP contribution in [0.5, 0.6) is 5.75 Å². The number of rotatable bonds is 6. The summed E-state index contributed by atoms with van der Waals surface area (Å²) in [5, 5.41) is 9.86. The van der Waals surface area contributed by atoms with Gasteiger partial charge in [0.2, 0.25) is 0 Å². The summed E-state index contributed by atoms with van der Waals surface area (Å²) in [6.07, 6.45) is 1.90. The molecule has 4 rings (SSSR count). The van der Waals surface area contributed by atoms with Crippen LogP contribution in [0.4, 0.5) is 0 Å². The molecule has 3 heterocycles. The molecule has 0 saturated carbocycles. The minimum Gasteiger partial charge on any atom is -0.497 e. The Balaban J connectivity index is 1.57. The molecule has 0 unspecified atom stereocenters. The zero-order chi connectivity index (χ0) is 20.2. The highest BCUT2D eigenvalue weighted by molar-refractivity contribution is 7.10. The smallest absolute Gasteiger partial charge is 0.270 e. The second kappa shape index (κ2) is 8.80. The standard InChI is InChI=1S/C22H25N3O3S/c1-25-19(14-18(24-25)16-5-3-6-17(13-16)27-2)22(26)23-21(20-7-4-12-29-20)15-8-10-28-11-9-15/h3-7,12-15,21H,8-11H2,1-2H3,(H,23,26)/t21-/m1/s1. The first-order valence-electron chi connectivity index (χ1n) is 9.76. The summed E-state index contributed by atoms with van der Waals surface area (Å²) in [6, 6.07) is 13.6. The van der Waals surface area contributed by atoms with E-state index in [4.69, 9.17) is 9.47 Å². The largest absolute Gasteiger partial charge is 0.497 e. The Bertz CT molecular complexity index is 962. The van der Waals surface area contributed by atoms with Crippen molar-refractivity contribution in [1.82, 2.24) is 15.1 Å². The Morgan fingerprint density at radius 1 is 1.28 bits per heavy atom. The van der Waals surface area contributed by atoms with Gasteiger partial charge in [0.15, 0.2) is 0 Å². The van der Waals surface area contributed by atoms with E-state index in [9.17, 15) is 4.79 Å². The maximum atomic E-state index is 13.2. The molecule has 0 bridgehead atoms. The van der Waals surface area contributed by atoms with Crippen LogP contribution in [0.3, 0.4) is 0 Å². The summed E-state index contributed by atoms with van der Waals surface area (Å²) in [4.78, 5) is 14.3. The molecule has 1 amide bonds. The molecule has 1 atom stereocenters. The van der Waals surface area contributed by atoms with Gasteiger partial charge in [0.05, 0.1) is 18.8 Å². The fourth-order valence-electron chi connectivity index (χ4n) is 3.76. The van der Waals surface area contributed by atoms with E-state index in [1.807, 2.05) is 36.4 Å². The first kappa shape index (κ1) is 19.7. The van der Waals surface area contributed by atoms with Gasteiger partial charge in [-0.15, -0.1) is 11.3 Å². The summed E-state index contributed by atoms with van der Waals surface area (Å²) in [6.45, 7) is 1.49. The number of aryl methyl sites for hydroxylation is 1. The second-order valence-electron chi connectivity index (χ2n) is 7.19. The number of thiophene rings is 1. The van der Waals surface area contributed by atoms with E-state index in [1.165, 1.54) is 4.88 Å². The molecular weight excluding hydrogens is 386 g/mol. The SMILES string of the molecule is COc1cccc(-c2cc(C(=O)N[C@@H](c3cccs3)C3CCOCC3)n(C)n2)c1. The molecule has 1 aromatic carbocycles. The monoisotopic (exact) mass is 411 g/mol. The normalized spacial score (nSPS) is 15.8. The molecule has 2 aromatic heterocycles. The van der Waals surface area contributed by atoms with Gasteiger partial charge in [0.1, 0.15) is 11.4 Å². The molecule has 7 heteroatoms. The van der Waals surface area contributed by atoms with E-state index < -0.39 is 0 Å². The number of nitrogens with one attached hydrogen (secondary N) is 1. The van der Waals surface area contributed by atoms with Gasteiger partial charge in [-0.25, -0.2) is 0 Å². The number of ether oxygens (including phenoxy) is 2. The Labute approximate surface area is 174 Å². The maximum absolute atomic E-state index is 13.2. The van der Waals surface area contributed by atoms with E-state index in [-0.39, 0.29) is 11.9 Å². The summed E-state index contributed by atoms with van der Waals surface area (Å²) in [5.74, 6) is 1.02. The van der Waals surface area contributed by atoms with Crippen molar-refractivity contribution in [3.05, 3.63) is 58.4 Å². The zero-order valence-electron chi connectivity index (χ0n) is 16.6. The third-order valence-corrected chi connectivity index (χ3v) is 6.31. The van der Waals surface area contributed by atoms with Gasteiger partial charge in [-0.05, 0) is 48.4 Å². The third kappa shape index (κ3) is 4.36. The van der Waals surface area contributed by atoms with Gasteiger partial charge >= 0.3 is 0 Å². The van der Waals surface area contributed by atoms with E-state index >= 15 is 0 Å². The van der Waals surface area contributed by atoms with Crippen molar-refractivity contribution in [1.29, 1.82) is 0 Å². The minimum atomic E-state index is -0.112. The number of methoxy groups -OCH3 is 1. The average molecular weight is 412 g/mol. The molecular formula is C22H25N3O3S. The van der Waals surface area contributed by atoms with Crippen molar-refractivity contribution >= 4 is 17.2 Å². The maximum Gasteiger partial charge on any atom is 0.270 e. The molecule has 0 aliphatic carbocycles. The van der Waals surface area contributed by atoms with E-state index in [0.717, 1.165) is 43.1 Å². The van der Waals surface area contributed by atoms with Gasteiger partial charge in [0, 0.05) is 30.7 Å². The highest BCUT2D eigenvalue weighted by Gasteiger charge is 2.29. The zero-order valence-corrected chi connectivity index (χ0v) is 17.4. The quantitative estimate of drug-likeness (QED) is 0.664. The van der Waals surface area contributed by atoms with Crippen LogP contribution in [-0.4, -0.2) is 36.0 Å².